The number of carbonyl (C=O) groups is 1. The first-order valence-electron chi connectivity index (χ1n) is 6.36. The lowest BCUT2D eigenvalue weighted by Crippen LogP contribution is -2.40. The third-order valence-electron chi connectivity index (χ3n) is 2.44. The number of amides is 1. The zero-order valence-corrected chi connectivity index (χ0v) is 12.0. The molecule has 3 heteroatoms. The molecule has 0 bridgehead atoms. The van der Waals surface area contributed by atoms with Gasteiger partial charge in [0.1, 0.15) is 0 Å². The molecular weight excluding hydrogens is 238 g/mol. The summed E-state index contributed by atoms with van der Waals surface area (Å²) in [6.07, 6.45) is 0.464. The third kappa shape index (κ3) is 5.15. The number of aryl methyl sites for hydroxylation is 1. The maximum absolute atomic E-state index is 12.0. The molecule has 0 saturated carbocycles. The highest BCUT2D eigenvalue weighted by Gasteiger charge is 2.15. The fourth-order valence-corrected chi connectivity index (χ4v) is 1.57. The summed E-state index contributed by atoms with van der Waals surface area (Å²) in [6, 6.07) is 5.46. The van der Waals surface area contributed by atoms with Crippen LogP contribution in [-0.4, -0.2) is 23.2 Å². The highest BCUT2D eigenvalue weighted by atomic mass is 16.2. The molecule has 19 heavy (non-hydrogen) atoms. The van der Waals surface area contributed by atoms with Gasteiger partial charge in [-0.25, -0.2) is 0 Å². The Kier molecular flexibility index (Phi) is 5.14. The maximum Gasteiger partial charge on any atom is 0.251 e. The molecule has 0 aliphatic rings. The number of hydrogen-bond acceptors (Lipinski definition) is 2. The second-order valence-corrected chi connectivity index (χ2v) is 5.51. The summed E-state index contributed by atoms with van der Waals surface area (Å²) < 4.78 is 0. The normalized spacial score (nSPS) is 10.6. The van der Waals surface area contributed by atoms with Crippen LogP contribution in [0, 0.1) is 18.8 Å². The van der Waals surface area contributed by atoms with Crippen molar-refractivity contribution in [2.24, 2.45) is 0 Å². The van der Waals surface area contributed by atoms with Gasteiger partial charge in [0.05, 0.1) is 6.61 Å². The van der Waals surface area contributed by atoms with Gasteiger partial charge in [-0.1, -0.05) is 11.8 Å². The zero-order chi connectivity index (χ0) is 14.5. The van der Waals surface area contributed by atoms with Crippen molar-refractivity contribution in [2.75, 3.05) is 6.61 Å². The SMILES string of the molecule is Cc1cc(C(=O)NC(C)(C)C)ccc1C#CCCO. The molecule has 0 radical (unpaired) electrons. The Bertz CT molecular complexity index is 516. The molecule has 0 aliphatic heterocycles. The van der Waals surface area contributed by atoms with Crippen LogP contribution in [0.2, 0.25) is 0 Å². The first kappa shape index (κ1) is 15.3. The summed E-state index contributed by atoms with van der Waals surface area (Å²) in [7, 11) is 0. The molecule has 1 rings (SSSR count). The Morgan fingerprint density at radius 1 is 1.37 bits per heavy atom. The van der Waals surface area contributed by atoms with E-state index in [1.54, 1.807) is 6.07 Å². The average molecular weight is 259 g/mol. The molecule has 2 N–H and O–H groups in total. The monoisotopic (exact) mass is 259 g/mol. The second-order valence-electron chi connectivity index (χ2n) is 5.51. The highest BCUT2D eigenvalue weighted by molar-refractivity contribution is 5.95. The fourth-order valence-electron chi connectivity index (χ4n) is 1.57. The molecule has 0 aromatic heterocycles. The molecular formula is C16H21NO2. The van der Waals surface area contributed by atoms with Gasteiger partial charge in [0.25, 0.3) is 5.91 Å². The number of benzene rings is 1. The number of rotatable bonds is 2. The molecule has 1 amide bonds. The summed E-state index contributed by atoms with van der Waals surface area (Å²) in [5.41, 5.74) is 2.25. The van der Waals surface area contributed by atoms with Crippen LogP contribution in [0.3, 0.4) is 0 Å². The summed E-state index contributed by atoms with van der Waals surface area (Å²) in [5.74, 6) is 5.79. The molecule has 0 atom stereocenters. The predicted molar refractivity (Wildman–Crippen MR) is 77.0 cm³/mol. The molecule has 1 aromatic rings. The Balaban J connectivity index is 2.89. The number of aliphatic hydroxyl groups excluding tert-OH is 1. The van der Waals surface area contributed by atoms with Gasteiger partial charge in [-0.15, -0.1) is 0 Å². The molecule has 0 unspecified atom stereocenters. The van der Waals surface area contributed by atoms with E-state index in [9.17, 15) is 4.79 Å². The summed E-state index contributed by atoms with van der Waals surface area (Å²) in [4.78, 5) is 12.0. The van der Waals surface area contributed by atoms with Crippen molar-refractivity contribution in [3.63, 3.8) is 0 Å². The van der Waals surface area contributed by atoms with E-state index in [1.165, 1.54) is 0 Å². The van der Waals surface area contributed by atoms with Crippen LogP contribution in [0.5, 0.6) is 0 Å². The van der Waals surface area contributed by atoms with Crippen molar-refractivity contribution in [3.05, 3.63) is 34.9 Å². The van der Waals surface area contributed by atoms with Crippen molar-refractivity contribution in [1.29, 1.82) is 0 Å². The van der Waals surface area contributed by atoms with Crippen molar-refractivity contribution in [2.45, 2.75) is 39.7 Å². The third-order valence-corrected chi connectivity index (χ3v) is 2.44. The molecule has 102 valence electrons. The summed E-state index contributed by atoms with van der Waals surface area (Å²) >= 11 is 0. The van der Waals surface area contributed by atoms with E-state index in [2.05, 4.69) is 17.2 Å². The Hall–Kier alpha value is -1.79. The Labute approximate surface area is 115 Å². The van der Waals surface area contributed by atoms with Gasteiger partial charge < -0.3 is 10.4 Å². The molecule has 0 aliphatic carbocycles. The van der Waals surface area contributed by atoms with Gasteiger partial charge in [-0.05, 0) is 51.5 Å². The predicted octanol–water partition coefficient (Wildman–Crippen LogP) is 2.26. The van der Waals surface area contributed by atoms with Crippen molar-refractivity contribution >= 4 is 5.91 Å². The second kappa shape index (κ2) is 6.40. The highest BCUT2D eigenvalue weighted by Crippen LogP contribution is 2.11. The van der Waals surface area contributed by atoms with Crippen LogP contribution in [0.25, 0.3) is 0 Å². The minimum absolute atomic E-state index is 0.0676. The van der Waals surface area contributed by atoms with Gasteiger partial charge in [-0.2, -0.15) is 0 Å². The van der Waals surface area contributed by atoms with Gasteiger partial charge >= 0.3 is 0 Å². The lowest BCUT2D eigenvalue weighted by molar-refractivity contribution is 0.0919. The van der Waals surface area contributed by atoms with Crippen molar-refractivity contribution in [1.82, 2.24) is 5.32 Å². The van der Waals surface area contributed by atoms with Crippen LogP contribution in [0.1, 0.15) is 48.7 Å². The minimum Gasteiger partial charge on any atom is -0.395 e. The number of aliphatic hydroxyl groups is 1. The molecule has 3 nitrogen and oxygen atoms in total. The number of nitrogens with one attached hydrogen (secondary N) is 1. The van der Waals surface area contributed by atoms with E-state index < -0.39 is 0 Å². The van der Waals surface area contributed by atoms with Crippen LogP contribution < -0.4 is 5.32 Å². The smallest absolute Gasteiger partial charge is 0.251 e. The molecule has 0 spiro atoms. The first-order valence-corrected chi connectivity index (χ1v) is 6.36. The largest absolute Gasteiger partial charge is 0.395 e. The molecule has 0 saturated heterocycles. The van der Waals surface area contributed by atoms with Crippen LogP contribution in [0.15, 0.2) is 18.2 Å². The summed E-state index contributed by atoms with van der Waals surface area (Å²) in [6.45, 7) is 7.85. The average Bonchev–Trinajstić information content (AvgIpc) is 2.29. The van der Waals surface area contributed by atoms with E-state index in [0.29, 0.717) is 12.0 Å². The van der Waals surface area contributed by atoms with E-state index in [-0.39, 0.29) is 18.1 Å². The Morgan fingerprint density at radius 2 is 2.05 bits per heavy atom. The lowest BCUT2D eigenvalue weighted by Gasteiger charge is -2.20. The van der Waals surface area contributed by atoms with Crippen molar-refractivity contribution in [3.8, 4) is 11.8 Å². The Morgan fingerprint density at radius 3 is 2.58 bits per heavy atom. The first-order chi connectivity index (χ1) is 8.83. The molecule has 0 heterocycles. The minimum atomic E-state index is -0.245. The number of carbonyl (C=O) groups excluding carboxylic acids is 1. The maximum atomic E-state index is 12.0. The standard InChI is InChI=1S/C16H21NO2/c1-12-11-14(15(19)17-16(2,3)4)9-8-13(12)7-5-6-10-18/h8-9,11,18H,6,10H2,1-4H3,(H,17,19). The van der Waals surface area contributed by atoms with E-state index in [4.69, 9.17) is 5.11 Å². The van der Waals surface area contributed by atoms with Crippen molar-refractivity contribution < 1.29 is 9.90 Å². The van der Waals surface area contributed by atoms with Crippen LogP contribution in [0.4, 0.5) is 0 Å². The lowest BCUT2D eigenvalue weighted by atomic mass is 10.0. The van der Waals surface area contributed by atoms with Gasteiger partial charge in [0, 0.05) is 23.1 Å². The van der Waals surface area contributed by atoms with E-state index in [0.717, 1.165) is 11.1 Å². The van der Waals surface area contributed by atoms with E-state index in [1.807, 2.05) is 39.8 Å². The topological polar surface area (TPSA) is 49.3 Å². The fraction of sp³-hybridized carbons (Fsp3) is 0.438. The van der Waals surface area contributed by atoms with Gasteiger partial charge in [0.15, 0.2) is 0 Å². The summed E-state index contributed by atoms with van der Waals surface area (Å²) in [5, 5.41) is 11.6. The van der Waals surface area contributed by atoms with Crippen LogP contribution >= 0.6 is 0 Å². The van der Waals surface area contributed by atoms with E-state index >= 15 is 0 Å². The number of hydrogen-bond donors (Lipinski definition) is 2. The quantitative estimate of drug-likeness (QED) is 0.800. The van der Waals surface area contributed by atoms with Gasteiger partial charge in [0.2, 0.25) is 0 Å². The molecule has 0 fully saturated rings. The zero-order valence-electron chi connectivity index (χ0n) is 12.0. The van der Waals surface area contributed by atoms with Crippen LogP contribution in [-0.2, 0) is 0 Å². The van der Waals surface area contributed by atoms with Gasteiger partial charge in [-0.3, -0.25) is 4.79 Å². The molecule has 1 aromatic carbocycles.